The maximum Gasteiger partial charge on any atom is 0.254 e. The summed E-state index contributed by atoms with van der Waals surface area (Å²) in [5.41, 5.74) is 0.438. The Bertz CT molecular complexity index is 517. The molecule has 5 heteroatoms. The first kappa shape index (κ1) is 14.0. The maximum atomic E-state index is 13.5. The van der Waals surface area contributed by atoms with Gasteiger partial charge in [-0.1, -0.05) is 0 Å². The van der Waals surface area contributed by atoms with E-state index in [1.807, 2.05) is 4.90 Å². The van der Waals surface area contributed by atoms with E-state index in [9.17, 15) is 9.18 Å². The van der Waals surface area contributed by atoms with Crippen molar-refractivity contribution in [2.45, 2.75) is 25.3 Å². The summed E-state index contributed by atoms with van der Waals surface area (Å²) >= 11 is 3.11. The first-order valence-corrected chi connectivity index (χ1v) is 7.93. The van der Waals surface area contributed by atoms with Gasteiger partial charge in [0.2, 0.25) is 0 Å². The second-order valence-electron chi connectivity index (χ2n) is 5.57. The molecule has 1 amide bonds. The molecular weight excluding hydrogens is 323 g/mol. The number of benzene rings is 1. The summed E-state index contributed by atoms with van der Waals surface area (Å²) in [5, 5.41) is 0. The molecule has 2 fully saturated rings. The molecule has 108 valence electrons. The summed E-state index contributed by atoms with van der Waals surface area (Å²) in [5.74, 6) is -0.441. The van der Waals surface area contributed by atoms with Crippen LogP contribution in [0.15, 0.2) is 22.7 Å². The Kier molecular flexibility index (Phi) is 4.08. The van der Waals surface area contributed by atoms with Gasteiger partial charge in [-0.15, -0.1) is 0 Å². The predicted molar refractivity (Wildman–Crippen MR) is 79.2 cm³/mol. The standard InChI is InChI=1S/C15H18BrFN2O/c16-13-4-3-11(9-14(13)17)15(20)19-8-5-12(10-19)18-6-1-2-7-18/h3-4,9,12H,1-2,5-8,10H2. The van der Waals surface area contributed by atoms with Gasteiger partial charge in [-0.25, -0.2) is 4.39 Å². The highest BCUT2D eigenvalue weighted by atomic mass is 79.9. The minimum Gasteiger partial charge on any atom is -0.337 e. The lowest BCUT2D eigenvalue weighted by molar-refractivity contribution is 0.0779. The van der Waals surface area contributed by atoms with E-state index >= 15 is 0 Å². The third-order valence-electron chi connectivity index (χ3n) is 4.27. The number of carbonyl (C=O) groups excluding carboxylic acids is 1. The van der Waals surface area contributed by atoms with E-state index in [0.717, 1.165) is 32.6 Å². The SMILES string of the molecule is O=C(c1ccc(Br)c(F)c1)N1CCC(N2CCCC2)C1. The minimum atomic E-state index is -0.383. The molecule has 3 rings (SSSR count). The molecule has 0 spiro atoms. The summed E-state index contributed by atoms with van der Waals surface area (Å²) in [6.07, 6.45) is 3.56. The minimum absolute atomic E-state index is 0.0573. The van der Waals surface area contributed by atoms with Crippen molar-refractivity contribution in [3.05, 3.63) is 34.1 Å². The molecule has 1 atom stereocenters. The Labute approximate surface area is 126 Å². The fourth-order valence-corrected chi connectivity index (χ4v) is 3.39. The van der Waals surface area contributed by atoms with Crippen LogP contribution in [0.2, 0.25) is 0 Å². The van der Waals surface area contributed by atoms with Gasteiger partial charge in [0.15, 0.2) is 0 Å². The van der Waals surface area contributed by atoms with Crippen LogP contribution in [-0.4, -0.2) is 47.9 Å². The van der Waals surface area contributed by atoms with Crippen LogP contribution < -0.4 is 0 Å². The molecule has 0 N–H and O–H groups in total. The molecule has 0 radical (unpaired) electrons. The molecule has 1 unspecified atom stereocenters. The lowest BCUT2D eigenvalue weighted by atomic mass is 10.2. The van der Waals surface area contributed by atoms with Gasteiger partial charge >= 0.3 is 0 Å². The Balaban J connectivity index is 1.67. The number of likely N-dealkylation sites (tertiary alicyclic amines) is 2. The first-order chi connectivity index (χ1) is 9.65. The summed E-state index contributed by atoms with van der Waals surface area (Å²) in [6, 6.07) is 5.08. The number of hydrogen-bond acceptors (Lipinski definition) is 2. The summed E-state index contributed by atoms with van der Waals surface area (Å²) in [4.78, 5) is 16.7. The van der Waals surface area contributed by atoms with Crippen molar-refractivity contribution in [1.82, 2.24) is 9.80 Å². The average Bonchev–Trinajstić information content (AvgIpc) is 3.11. The van der Waals surface area contributed by atoms with Crippen LogP contribution in [0, 0.1) is 5.82 Å². The lowest BCUT2D eigenvalue weighted by Gasteiger charge is -2.23. The van der Waals surface area contributed by atoms with E-state index < -0.39 is 0 Å². The van der Waals surface area contributed by atoms with Crippen LogP contribution in [-0.2, 0) is 0 Å². The zero-order valence-electron chi connectivity index (χ0n) is 11.3. The van der Waals surface area contributed by atoms with Crippen LogP contribution >= 0.6 is 15.9 Å². The van der Waals surface area contributed by atoms with E-state index in [-0.39, 0.29) is 11.7 Å². The highest BCUT2D eigenvalue weighted by molar-refractivity contribution is 9.10. The largest absolute Gasteiger partial charge is 0.337 e. The number of carbonyl (C=O) groups is 1. The van der Waals surface area contributed by atoms with Gasteiger partial charge < -0.3 is 4.90 Å². The summed E-state index contributed by atoms with van der Waals surface area (Å²) in [7, 11) is 0. The highest BCUT2D eigenvalue weighted by Gasteiger charge is 2.32. The zero-order valence-corrected chi connectivity index (χ0v) is 12.9. The second kappa shape index (κ2) is 5.82. The van der Waals surface area contributed by atoms with Crippen molar-refractivity contribution in [2.24, 2.45) is 0 Å². The Morgan fingerprint density at radius 3 is 2.70 bits per heavy atom. The molecule has 20 heavy (non-hydrogen) atoms. The smallest absolute Gasteiger partial charge is 0.254 e. The van der Waals surface area contributed by atoms with Gasteiger partial charge in [-0.2, -0.15) is 0 Å². The van der Waals surface area contributed by atoms with E-state index in [1.54, 1.807) is 12.1 Å². The topological polar surface area (TPSA) is 23.6 Å². The predicted octanol–water partition coefficient (Wildman–Crippen LogP) is 2.90. The lowest BCUT2D eigenvalue weighted by Crippen LogP contribution is -2.37. The molecule has 0 aliphatic carbocycles. The monoisotopic (exact) mass is 340 g/mol. The number of rotatable bonds is 2. The van der Waals surface area contributed by atoms with Crippen molar-refractivity contribution in [1.29, 1.82) is 0 Å². The molecule has 0 aromatic heterocycles. The Hall–Kier alpha value is -0.940. The normalized spacial score (nSPS) is 23.5. The van der Waals surface area contributed by atoms with Gasteiger partial charge in [0, 0.05) is 24.7 Å². The number of halogens is 2. The molecule has 0 bridgehead atoms. The molecule has 0 saturated carbocycles. The van der Waals surface area contributed by atoms with Crippen LogP contribution in [0.3, 0.4) is 0 Å². The van der Waals surface area contributed by atoms with E-state index in [1.165, 1.54) is 18.9 Å². The molecule has 2 aliphatic heterocycles. The number of nitrogens with zero attached hydrogens (tertiary/aromatic N) is 2. The van der Waals surface area contributed by atoms with Crippen molar-refractivity contribution in [3.63, 3.8) is 0 Å². The van der Waals surface area contributed by atoms with Gasteiger partial charge in [-0.05, 0) is 66.5 Å². The zero-order chi connectivity index (χ0) is 14.1. The van der Waals surface area contributed by atoms with Crippen molar-refractivity contribution >= 4 is 21.8 Å². The van der Waals surface area contributed by atoms with E-state index in [0.29, 0.717) is 16.1 Å². The summed E-state index contributed by atoms with van der Waals surface area (Å²) in [6.45, 7) is 3.85. The third-order valence-corrected chi connectivity index (χ3v) is 4.92. The van der Waals surface area contributed by atoms with Gasteiger partial charge in [0.25, 0.3) is 5.91 Å². The van der Waals surface area contributed by atoms with Gasteiger partial charge in [-0.3, -0.25) is 9.69 Å². The molecule has 2 saturated heterocycles. The van der Waals surface area contributed by atoms with Crippen molar-refractivity contribution in [3.8, 4) is 0 Å². The van der Waals surface area contributed by atoms with Crippen LogP contribution in [0.1, 0.15) is 29.6 Å². The van der Waals surface area contributed by atoms with Gasteiger partial charge in [0.1, 0.15) is 5.82 Å². The quantitative estimate of drug-likeness (QED) is 0.826. The molecule has 1 aromatic carbocycles. The fraction of sp³-hybridized carbons (Fsp3) is 0.533. The fourth-order valence-electron chi connectivity index (χ4n) is 3.14. The maximum absolute atomic E-state index is 13.5. The molecule has 1 aromatic rings. The summed E-state index contributed by atoms with van der Waals surface area (Å²) < 4.78 is 13.9. The Morgan fingerprint density at radius 2 is 2.00 bits per heavy atom. The molecule has 3 nitrogen and oxygen atoms in total. The van der Waals surface area contributed by atoms with Crippen molar-refractivity contribution in [2.75, 3.05) is 26.2 Å². The molecule has 2 heterocycles. The third kappa shape index (κ3) is 2.74. The highest BCUT2D eigenvalue weighted by Crippen LogP contribution is 2.23. The van der Waals surface area contributed by atoms with Crippen molar-refractivity contribution < 1.29 is 9.18 Å². The molecule has 2 aliphatic rings. The first-order valence-electron chi connectivity index (χ1n) is 7.13. The van der Waals surface area contributed by atoms with Crippen LogP contribution in [0.5, 0.6) is 0 Å². The Morgan fingerprint density at radius 1 is 1.25 bits per heavy atom. The van der Waals surface area contributed by atoms with Crippen LogP contribution in [0.25, 0.3) is 0 Å². The average molecular weight is 341 g/mol. The van der Waals surface area contributed by atoms with Gasteiger partial charge in [0.05, 0.1) is 4.47 Å². The molecular formula is C15H18BrFN2O. The van der Waals surface area contributed by atoms with E-state index in [4.69, 9.17) is 0 Å². The number of amides is 1. The second-order valence-corrected chi connectivity index (χ2v) is 6.42. The van der Waals surface area contributed by atoms with Crippen LogP contribution in [0.4, 0.5) is 4.39 Å². The van der Waals surface area contributed by atoms with E-state index in [2.05, 4.69) is 20.8 Å². The number of hydrogen-bond donors (Lipinski definition) is 0.